The molecule has 1 N–H and O–H groups in total. The topological polar surface area (TPSA) is 43.0 Å². The zero-order valence-corrected chi connectivity index (χ0v) is 22.0. The molecule has 0 saturated carbocycles. The second-order valence-corrected chi connectivity index (χ2v) is 9.84. The van der Waals surface area contributed by atoms with Gasteiger partial charge in [0.25, 0.3) is 0 Å². The number of nitrogens with one attached hydrogen (secondary N) is 1. The summed E-state index contributed by atoms with van der Waals surface area (Å²) in [7, 11) is 3.38. The second kappa shape index (κ2) is 13.5. The number of ether oxygens (including phenoxy) is 3. The largest absolute Gasteiger partial charge is 0.493 e. The molecule has 0 amide bonds. The van der Waals surface area contributed by atoms with Crippen LogP contribution in [0.3, 0.4) is 0 Å². The highest BCUT2D eigenvalue weighted by Crippen LogP contribution is 2.31. The minimum absolute atomic E-state index is 0.545. The van der Waals surface area contributed by atoms with E-state index in [9.17, 15) is 0 Å². The van der Waals surface area contributed by atoms with Crippen LogP contribution in [0.5, 0.6) is 11.5 Å². The van der Waals surface area contributed by atoms with Gasteiger partial charge in [0.05, 0.1) is 13.7 Å². The molecule has 192 valence electrons. The standard InChI is InChI=1S/C30H37ClN2O3/c1-34-15-6-16-36-30-18-24(9-14-29(30)35-2)21-33(28-12-10-27(31)11-13-28)22-26-20-32-19-25(26)17-23-7-4-3-5-8-23/h3-5,7-14,18,25-26,32H,6,15-17,19-22H2,1-2H3/t25-,26+/m1/s1. The van der Waals surface area contributed by atoms with Crippen molar-refractivity contribution in [2.45, 2.75) is 19.4 Å². The Bertz CT molecular complexity index is 1060. The van der Waals surface area contributed by atoms with Gasteiger partial charge in [0.1, 0.15) is 0 Å². The molecule has 1 aliphatic heterocycles. The van der Waals surface area contributed by atoms with Crippen LogP contribution in [0.15, 0.2) is 72.8 Å². The van der Waals surface area contributed by atoms with E-state index in [1.807, 2.05) is 18.2 Å². The van der Waals surface area contributed by atoms with Crippen LogP contribution >= 0.6 is 11.6 Å². The molecule has 1 fully saturated rings. The van der Waals surface area contributed by atoms with Crippen molar-refractivity contribution in [3.05, 3.63) is 88.9 Å². The highest BCUT2D eigenvalue weighted by atomic mass is 35.5. The first-order chi connectivity index (χ1) is 17.7. The van der Waals surface area contributed by atoms with Crippen LogP contribution in [0.25, 0.3) is 0 Å². The molecule has 5 nitrogen and oxygen atoms in total. The maximum Gasteiger partial charge on any atom is 0.161 e. The molecule has 0 radical (unpaired) electrons. The Morgan fingerprint density at radius 2 is 1.64 bits per heavy atom. The van der Waals surface area contributed by atoms with Crippen molar-refractivity contribution in [1.29, 1.82) is 0 Å². The minimum atomic E-state index is 0.545. The summed E-state index contributed by atoms with van der Waals surface area (Å²) < 4.78 is 16.7. The van der Waals surface area contributed by atoms with Crippen molar-refractivity contribution < 1.29 is 14.2 Å². The number of halogens is 1. The third-order valence-corrected chi connectivity index (χ3v) is 7.07. The summed E-state index contributed by atoms with van der Waals surface area (Å²) in [6.45, 7) is 5.07. The number of anilines is 1. The fourth-order valence-corrected chi connectivity index (χ4v) is 5.02. The third-order valence-electron chi connectivity index (χ3n) is 6.82. The monoisotopic (exact) mass is 508 g/mol. The van der Waals surface area contributed by atoms with Gasteiger partial charge in [-0.1, -0.05) is 48.0 Å². The summed E-state index contributed by atoms with van der Waals surface area (Å²) in [5, 5.41) is 4.39. The van der Waals surface area contributed by atoms with Gasteiger partial charge in [0.15, 0.2) is 11.5 Å². The summed E-state index contributed by atoms with van der Waals surface area (Å²) in [5.74, 6) is 2.66. The number of benzene rings is 3. The Labute approximate surface area is 220 Å². The summed E-state index contributed by atoms with van der Waals surface area (Å²) in [6.07, 6.45) is 1.92. The molecular weight excluding hydrogens is 472 g/mol. The molecule has 3 aromatic rings. The van der Waals surface area contributed by atoms with Gasteiger partial charge < -0.3 is 24.4 Å². The van der Waals surface area contributed by atoms with E-state index in [0.717, 1.165) is 55.5 Å². The number of methoxy groups -OCH3 is 2. The number of rotatable bonds is 13. The molecule has 0 unspecified atom stereocenters. The van der Waals surface area contributed by atoms with Gasteiger partial charge in [0.2, 0.25) is 0 Å². The Kier molecular flexibility index (Phi) is 9.91. The van der Waals surface area contributed by atoms with Crippen molar-refractivity contribution >= 4 is 17.3 Å². The van der Waals surface area contributed by atoms with Crippen LogP contribution < -0.4 is 19.7 Å². The smallest absolute Gasteiger partial charge is 0.161 e. The van der Waals surface area contributed by atoms with Crippen molar-refractivity contribution in [3.63, 3.8) is 0 Å². The molecular formula is C30H37ClN2O3. The second-order valence-electron chi connectivity index (χ2n) is 9.41. The van der Waals surface area contributed by atoms with Crippen molar-refractivity contribution in [2.24, 2.45) is 11.8 Å². The van der Waals surface area contributed by atoms with Crippen molar-refractivity contribution in [3.8, 4) is 11.5 Å². The summed E-state index contributed by atoms with van der Waals surface area (Å²) in [5.41, 5.74) is 3.75. The van der Waals surface area contributed by atoms with Crippen molar-refractivity contribution in [1.82, 2.24) is 5.32 Å². The zero-order chi connectivity index (χ0) is 25.2. The Morgan fingerprint density at radius 1 is 0.861 bits per heavy atom. The fraction of sp³-hybridized carbons (Fsp3) is 0.400. The lowest BCUT2D eigenvalue weighted by atomic mass is 9.89. The van der Waals surface area contributed by atoms with E-state index in [-0.39, 0.29) is 0 Å². The van der Waals surface area contributed by atoms with Crippen molar-refractivity contribution in [2.75, 3.05) is 52.0 Å². The molecule has 6 heteroatoms. The molecule has 2 atom stereocenters. The molecule has 1 heterocycles. The van der Waals surface area contributed by atoms with Crippen LogP contribution in [0, 0.1) is 11.8 Å². The van der Waals surface area contributed by atoms with Crippen LogP contribution in [0.4, 0.5) is 5.69 Å². The molecule has 0 bridgehead atoms. The van der Waals surface area contributed by atoms with Crippen LogP contribution in [-0.2, 0) is 17.7 Å². The third kappa shape index (κ3) is 7.39. The normalized spacial score (nSPS) is 17.2. The van der Waals surface area contributed by atoms with Gasteiger partial charge in [-0.2, -0.15) is 0 Å². The summed E-state index contributed by atoms with van der Waals surface area (Å²) in [6, 6.07) is 25.2. The van der Waals surface area contributed by atoms with Gasteiger partial charge in [-0.3, -0.25) is 0 Å². The Balaban J connectivity index is 1.51. The lowest BCUT2D eigenvalue weighted by Crippen LogP contribution is -2.33. The van der Waals surface area contributed by atoms with E-state index in [0.29, 0.717) is 25.0 Å². The lowest BCUT2D eigenvalue weighted by Gasteiger charge is -2.30. The predicted octanol–water partition coefficient (Wildman–Crippen LogP) is 5.85. The van der Waals surface area contributed by atoms with Gasteiger partial charge in [-0.15, -0.1) is 0 Å². The van der Waals surface area contributed by atoms with Gasteiger partial charge in [0, 0.05) is 43.9 Å². The molecule has 0 aliphatic carbocycles. The minimum Gasteiger partial charge on any atom is -0.493 e. The van der Waals surface area contributed by atoms with E-state index in [1.54, 1.807) is 14.2 Å². The fourth-order valence-electron chi connectivity index (χ4n) is 4.89. The first-order valence-electron chi connectivity index (χ1n) is 12.7. The Morgan fingerprint density at radius 3 is 2.39 bits per heavy atom. The predicted molar refractivity (Wildman–Crippen MR) is 147 cm³/mol. The average Bonchev–Trinajstić information content (AvgIpc) is 3.33. The molecule has 0 spiro atoms. The highest BCUT2D eigenvalue weighted by molar-refractivity contribution is 6.30. The van der Waals surface area contributed by atoms with E-state index in [2.05, 4.69) is 64.8 Å². The molecule has 4 rings (SSSR count). The van der Waals surface area contributed by atoms with E-state index in [1.165, 1.54) is 16.8 Å². The maximum absolute atomic E-state index is 6.22. The zero-order valence-electron chi connectivity index (χ0n) is 21.3. The SMILES string of the molecule is COCCCOc1cc(CN(C[C@@H]2CNC[C@H]2Cc2ccccc2)c2ccc(Cl)cc2)ccc1OC. The van der Waals surface area contributed by atoms with Gasteiger partial charge in [-0.05, 0) is 78.9 Å². The lowest BCUT2D eigenvalue weighted by molar-refractivity contribution is 0.170. The summed E-state index contributed by atoms with van der Waals surface area (Å²) >= 11 is 6.22. The van der Waals surface area contributed by atoms with Gasteiger partial charge in [-0.25, -0.2) is 0 Å². The van der Waals surface area contributed by atoms with E-state index in [4.69, 9.17) is 25.8 Å². The van der Waals surface area contributed by atoms with Crippen LogP contribution in [0.1, 0.15) is 17.5 Å². The molecule has 3 aromatic carbocycles. The molecule has 0 aromatic heterocycles. The quantitative estimate of drug-likeness (QED) is 0.293. The summed E-state index contributed by atoms with van der Waals surface area (Å²) in [4.78, 5) is 2.46. The van der Waals surface area contributed by atoms with Crippen LogP contribution in [-0.4, -0.2) is 47.1 Å². The highest BCUT2D eigenvalue weighted by Gasteiger charge is 2.29. The van der Waals surface area contributed by atoms with E-state index < -0.39 is 0 Å². The Hall–Kier alpha value is -2.73. The molecule has 36 heavy (non-hydrogen) atoms. The first kappa shape index (κ1) is 26.3. The van der Waals surface area contributed by atoms with Gasteiger partial charge >= 0.3 is 0 Å². The number of hydrogen-bond donors (Lipinski definition) is 1. The maximum atomic E-state index is 6.22. The van der Waals surface area contributed by atoms with E-state index >= 15 is 0 Å². The number of hydrogen-bond acceptors (Lipinski definition) is 5. The first-order valence-corrected chi connectivity index (χ1v) is 13.1. The molecule has 1 saturated heterocycles. The average molecular weight is 509 g/mol. The molecule has 1 aliphatic rings. The van der Waals surface area contributed by atoms with Crippen LogP contribution in [0.2, 0.25) is 5.02 Å². The number of nitrogens with zero attached hydrogens (tertiary/aromatic N) is 1.